The smallest absolute Gasteiger partial charge is 0.198 e. The molecule has 3 heterocycles. The third-order valence-corrected chi connectivity index (χ3v) is 8.19. The standard InChI is InChI=1S/C31H25ClN2O2S/c1-36-23-15-8-20(9-16-23)10-17-26(35)30-29(34-18-4-5-19-34)28-27(21-11-13-22(32)14-12-21)24-6-2-3-7-25(24)33-31(28)37-30/h4-5,8-19H,2-3,6-7H2,1H3/b17-10+. The Bertz CT molecular complexity index is 1620. The monoisotopic (exact) mass is 524 g/mol. The molecule has 0 fully saturated rings. The summed E-state index contributed by atoms with van der Waals surface area (Å²) in [5.41, 5.74) is 6.55. The zero-order chi connectivity index (χ0) is 25.4. The maximum atomic E-state index is 13.7. The minimum atomic E-state index is -0.0393. The molecule has 0 bridgehead atoms. The fraction of sp³-hybridized carbons (Fsp3) is 0.161. The highest BCUT2D eigenvalue weighted by atomic mass is 35.5. The molecule has 6 rings (SSSR count). The van der Waals surface area contributed by atoms with Crippen LogP contribution in [0.5, 0.6) is 5.75 Å². The first kappa shape index (κ1) is 23.7. The molecule has 6 heteroatoms. The van der Waals surface area contributed by atoms with E-state index < -0.39 is 0 Å². The second-order valence-electron chi connectivity index (χ2n) is 9.15. The number of thiophene rings is 1. The van der Waals surface area contributed by atoms with Gasteiger partial charge < -0.3 is 9.30 Å². The van der Waals surface area contributed by atoms with E-state index in [1.807, 2.05) is 71.6 Å². The summed E-state index contributed by atoms with van der Waals surface area (Å²) in [5.74, 6) is 0.746. The molecule has 0 amide bonds. The Kier molecular flexibility index (Phi) is 6.41. The number of hydrogen-bond donors (Lipinski definition) is 0. The van der Waals surface area contributed by atoms with Gasteiger partial charge in [0.2, 0.25) is 0 Å². The zero-order valence-corrected chi connectivity index (χ0v) is 22.0. The molecule has 5 aromatic rings. The fourth-order valence-corrected chi connectivity index (χ4v) is 6.31. The quantitative estimate of drug-likeness (QED) is 0.166. The molecule has 1 aliphatic rings. The Morgan fingerprint density at radius 1 is 1.03 bits per heavy atom. The van der Waals surface area contributed by atoms with Crippen molar-refractivity contribution < 1.29 is 9.53 Å². The summed E-state index contributed by atoms with van der Waals surface area (Å²) in [4.78, 5) is 20.4. The van der Waals surface area contributed by atoms with E-state index in [1.54, 1.807) is 13.2 Å². The number of fused-ring (bicyclic) bond motifs is 2. The van der Waals surface area contributed by atoms with Crippen LogP contribution in [0.4, 0.5) is 0 Å². The number of methoxy groups -OCH3 is 1. The van der Waals surface area contributed by atoms with Gasteiger partial charge in [0.15, 0.2) is 5.78 Å². The number of hydrogen-bond acceptors (Lipinski definition) is 4. The van der Waals surface area contributed by atoms with Crippen molar-refractivity contribution in [3.63, 3.8) is 0 Å². The van der Waals surface area contributed by atoms with E-state index in [1.165, 1.54) is 22.5 Å². The van der Waals surface area contributed by atoms with Crippen molar-refractivity contribution in [2.24, 2.45) is 0 Å². The average molecular weight is 525 g/mol. The lowest BCUT2D eigenvalue weighted by Crippen LogP contribution is -2.08. The zero-order valence-electron chi connectivity index (χ0n) is 20.4. The van der Waals surface area contributed by atoms with Gasteiger partial charge in [0, 0.05) is 28.5 Å². The molecule has 0 spiro atoms. The van der Waals surface area contributed by atoms with Crippen molar-refractivity contribution in [3.05, 3.63) is 106 Å². The minimum absolute atomic E-state index is 0.0393. The summed E-state index contributed by atoms with van der Waals surface area (Å²) in [7, 11) is 1.64. The highest BCUT2D eigenvalue weighted by molar-refractivity contribution is 7.21. The number of halogens is 1. The minimum Gasteiger partial charge on any atom is -0.497 e. The predicted molar refractivity (Wildman–Crippen MR) is 152 cm³/mol. The molecule has 2 aromatic carbocycles. The largest absolute Gasteiger partial charge is 0.497 e. The lowest BCUT2D eigenvalue weighted by molar-refractivity contribution is 0.105. The van der Waals surface area contributed by atoms with Crippen molar-refractivity contribution in [2.45, 2.75) is 25.7 Å². The van der Waals surface area contributed by atoms with Gasteiger partial charge in [-0.1, -0.05) is 41.9 Å². The van der Waals surface area contributed by atoms with E-state index >= 15 is 0 Å². The highest BCUT2D eigenvalue weighted by Gasteiger charge is 2.27. The van der Waals surface area contributed by atoms with Crippen LogP contribution in [0.25, 0.3) is 33.1 Å². The summed E-state index contributed by atoms with van der Waals surface area (Å²) in [6, 6.07) is 19.7. The van der Waals surface area contributed by atoms with Gasteiger partial charge in [-0.3, -0.25) is 4.79 Å². The molecular formula is C31H25ClN2O2S. The fourth-order valence-electron chi connectivity index (χ4n) is 5.07. The van der Waals surface area contributed by atoms with Crippen molar-refractivity contribution in [2.75, 3.05) is 7.11 Å². The first-order valence-corrected chi connectivity index (χ1v) is 13.6. The molecule has 4 nitrogen and oxygen atoms in total. The third-order valence-electron chi connectivity index (χ3n) is 6.85. The summed E-state index contributed by atoms with van der Waals surface area (Å²) in [6.45, 7) is 0. The number of carbonyl (C=O) groups excluding carboxylic acids is 1. The lowest BCUT2D eigenvalue weighted by Gasteiger charge is -2.21. The van der Waals surface area contributed by atoms with E-state index in [0.717, 1.165) is 64.2 Å². The maximum absolute atomic E-state index is 13.7. The first-order chi connectivity index (χ1) is 18.1. The molecule has 3 aromatic heterocycles. The van der Waals surface area contributed by atoms with Crippen LogP contribution in [-0.2, 0) is 12.8 Å². The molecule has 37 heavy (non-hydrogen) atoms. The Hall–Kier alpha value is -3.67. The second-order valence-corrected chi connectivity index (χ2v) is 10.6. The number of pyridine rings is 1. The van der Waals surface area contributed by atoms with Crippen molar-refractivity contribution >= 4 is 45.0 Å². The molecule has 0 aliphatic heterocycles. The summed E-state index contributed by atoms with van der Waals surface area (Å²) in [5, 5.41) is 1.74. The maximum Gasteiger partial charge on any atom is 0.198 e. The van der Waals surface area contributed by atoms with Crippen molar-refractivity contribution in [1.29, 1.82) is 0 Å². The third kappa shape index (κ3) is 4.50. The van der Waals surface area contributed by atoms with Gasteiger partial charge in [0.05, 0.1) is 12.8 Å². The van der Waals surface area contributed by atoms with E-state index in [9.17, 15) is 4.79 Å². The summed E-state index contributed by atoms with van der Waals surface area (Å²) >= 11 is 7.72. The number of carbonyl (C=O) groups is 1. The van der Waals surface area contributed by atoms with Crippen LogP contribution in [0, 0.1) is 0 Å². The van der Waals surface area contributed by atoms with Crippen molar-refractivity contribution in [3.8, 4) is 22.6 Å². The lowest BCUT2D eigenvalue weighted by atomic mass is 9.87. The van der Waals surface area contributed by atoms with E-state index in [2.05, 4.69) is 12.1 Å². The van der Waals surface area contributed by atoms with Gasteiger partial charge >= 0.3 is 0 Å². The normalized spacial score (nSPS) is 13.2. The van der Waals surface area contributed by atoms with E-state index in [0.29, 0.717) is 9.90 Å². The van der Waals surface area contributed by atoms with E-state index in [4.69, 9.17) is 21.3 Å². The van der Waals surface area contributed by atoms with Gasteiger partial charge in [-0.15, -0.1) is 11.3 Å². The van der Waals surface area contributed by atoms with Gasteiger partial charge in [-0.2, -0.15) is 0 Å². The van der Waals surface area contributed by atoms with Crippen LogP contribution in [0.2, 0.25) is 5.02 Å². The van der Waals surface area contributed by atoms with Gasteiger partial charge in [0.1, 0.15) is 15.5 Å². The number of aryl methyl sites for hydroxylation is 1. The van der Waals surface area contributed by atoms with Crippen LogP contribution in [0.3, 0.4) is 0 Å². The van der Waals surface area contributed by atoms with Crippen LogP contribution in [0.1, 0.15) is 39.3 Å². The Balaban J connectivity index is 1.56. The molecule has 0 atom stereocenters. The number of benzene rings is 2. The topological polar surface area (TPSA) is 44.1 Å². The average Bonchev–Trinajstić information content (AvgIpc) is 3.59. The predicted octanol–water partition coefficient (Wildman–Crippen LogP) is 8.19. The van der Waals surface area contributed by atoms with Gasteiger partial charge in [-0.05, 0) is 90.4 Å². The summed E-state index contributed by atoms with van der Waals surface area (Å²) in [6.07, 6.45) is 11.7. The van der Waals surface area contributed by atoms with Gasteiger partial charge in [0.25, 0.3) is 0 Å². The van der Waals surface area contributed by atoms with Gasteiger partial charge in [-0.25, -0.2) is 4.98 Å². The molecule has 0 radical (unpaired) electrons. The van der Waals surface area contributed by atoms with Crippen LogP contribution >= 0.6 is 22.9 Å². The Labute approximate surface area is 224 Å². The first-order valence-electron chi connectivity index (χ1n) is 12.4. The van der Waals surface area contributed by atoms with Crippen LogP contribution in [0.15, 0.2) is 79.1 Å². The molecule has 184 valence electrons. The molecule has 0 saturated heterocycles. The van der Waals surface area contributed by atoms with Crippen LogP contribution < -0.4 is 4.74 Å². The number of ether oxygens (including phenoxy) is 1. The molecule has 0 saturated carbocycles. The highest BCUT2D eigenvalue weighted by Crippen LogP contribution is 2.44. The molecule has 0 N–H and O–H groups in total. The number of aromatic nitrogens is 2. The molecule has 1 aliphatic carbocycles. The second kappa shape index (κ2) is 10.0. The molecule has 0 unspecified atom stereocenters. The number of ketones is 1. The number of allylic oxidation sites excluding steroid dienone is 1. The Morgan fingerprint density at radius 2 is 1.76 bits per heavy atom. The van der Waals surface area contributed by atoms with Crippen molar-refractivity contribution in [1.82, 2.24) is 9.55 Å². The summed E-state index contributed by atoms with van der Waals surface area (Å²) < 4.78 is 7.29. The van der Waals surface area contributed by atoms with Crippen LogP contribution in [-0.4, -0.2) is 22.4 Å². The molecular weight excluding hydrogens is 500 g/mol. The van der Waals surface area contributed by atoms with E-state index in [-0.39, 0.29) is 5.78 Å². The number of rotatable bonds is 6. The SMILES string of the molecule is COc1ccc(/C=C/C(=O)c2sc3nc4c(c(-c5ccc(Cl)cc5)c3c2-n2cccc2)CCCC4)cc1. The Morgan fingerprint density at radius 3 is 2.49 bits per heavy atom. The number of nitrogens with zero attached hydrogens (tertiary/aromatic N) is 2.